The maximum absolute atomic E-state index is 10.6. The molecule has 0 radical (unpaired) electrons. The summed E-state index contributed by atoms with van der Waals surface area (Å²) in [6.07, 6.45) is 1.76. The maximum atomic E-state index is 10.6. The molecule has 4 nitrogen and oxygen atoms in total. The number of nitrogens with zero attached hydrogens (tertiary/aromatic N) is 1. The SMILES string of the molecule is CC.CSc1nc(O)cc(=O)[nH]1. The Hall–Kier alpha value is -0.970. The van der Waals surface area contributed by atoms with Gasteiger partial charge >= 0.3 is 0 Å². The van der Waals surface area contributed by atoms with Crippen LogP contribution in [0.25, 0.3) is 0 Å². The summed E-state index contributed by atoms with van der Waals surface area (Å²) < 4.78 is 0. The first-order valence-electron chi connectivity index (χ1n) is 3.56. The van der Waals surface area contributed by atoms with E-state index in [0.29, 0.717) is 5.16 Å². The van der Waals surface area contributed by atoms with Crippen LogP contribution in [0.4, 0.5) is 0 Å². The van der Waals surface area contributed by atoms with Crippen molar-refractivity contribution in [2.45, 2.75) is 19.0 Å². The second-order valence-electron chi connectivity index (χ2n) is 1.61. The van der Waals surface area contributed by atoms with Crippen molar-refractivity contribution >= 4 is 11.8 Å². The molecule has 0 aromatic carbocycles. The van der Waals surface area contributed by atoms with Crippen molar-refractivity contribution in [3.05, 3.63) is 16.4 Å². The van der Waals surface area contributed by atoms with Crippen molar-refractivity contribution in [2.24, 2.45) is 0 Å². The number of aromatic hydroxyl groups is 1. The van der Waals surface area contributed by atoms with Crippen LogP contribution < -0.4 is 5.56 Å². The van der Waals surface area contributed by atoms with Gasteiger partial charge in [0.2, 0.25) is 5.88 Å². The van der Waals surface area contributed by atoms with Crippen molar-refractivity contribution in [3.8, 4) is 5.88 Å². The van der Waals surface area contributed by atoms with Crippen LogP contribution in [0.1, 0.15) is 13.8 Å². The third-order valence-corrected chi connectivity index (χ3v) is 1.48. The van der Waals surface area contributed by atoms with Gasteiger partial charge in [-0.15, -0.1) is 0 Å². The van der Waals surface area contributed by atoms with Crippen LogP contribution in [-0.2, 0) is 0 Å². The van der Waals surface area contributed by atoms with Gasteiger partial charge in [-0.2, -0.15) is 4.98 Å². The average molecular weight is 188 g/mol. The van der Waals surface area contributed by atoms with Crippen LogP contribution in [0.15, 0.2) is 16.0 Å². The molecule has 0 aliphatic heterocycles. The number of nitrogens with one attached hydrogen (secondary N) is 1. The first-order valence-corrected chi connectivity index (χ1v) is 4.79. The molecule has 68 valence electrons. The highest BCUT2D eigenvalue weighted by molar-refractivity contribution is 7.98. The Kier molecular flexibility index (Phi) is 5.19. The lowest BCUT2D eigenvalue weighted by Crippen LogP contribution is -2.05. The fraction of sp³-hybridized carbons (Fsp3) is 0.429. The van der Waals surface area contributed by atoms with Gasteiger partial charge in [0, 0.05) is 0 Å². The highest BCUT2D eigenvalue weighted by Gasteiger charge is 1.95. The van der Waals surface area contributed by atoms with E-state index in [0.717, 1.165) is 6.07 Å². The molecule has 1 heterocycles. The summed E-state index contributed by atoms with van der Waals surface area (Å²) in [5.74, 6) is -0.242. The van der Waals surface area contributed by atoms with Gasteiger partial charge in [-0.1, -0.05) is 25.6 Å². The predicted molar refractivity (Wildman–Crippen MR) is 49.7 cm³/mol. The van der Waals surface area contributed by atoms with E-state index in [1.165, 1.54) is 11.8 Å². The molecule has 0 amide bonds. The molecule has 0 atom stereocenters. The molecular formula is C7H12N2O2S. The number of aromatic amines is 1. The first kappa shape index (κ1) is 11.0. The minimum absolute atomic E-state index is 0.242. The number of hydrogen-bond acceptors (Lipinski definition) is 4. The smallest absolute Gasteiger partial charge is 0.255 e. The van der Waals surface area contributed by atoms with E-state index < -0.39 is 0 Å². The minimum atomic E-state index is -0.336. The van der Waals surface area contributed by atoms with E-state index in [9.17, 15) is 4.79 Å². The molecule has 0 saturated heterocycles. The summed E-state index contributed by atoms with van der Waals surface area (Å²) in [6, 6.07) is 1.03. The van der Waals surface area contributed by atoms with E-state index in [4.69, 9.17) is 5.11 Å². The molecular weight excluding hydrogens is 176 g/mol. The van der Waals surface area contributed by atoms with Gasteiger partial charge in [-0.3, -0.25) is 4.79 Å². The molecule has 0 aliphatic carbocycles. The molecule has 0 saturated carbocycles. The zero-order valence-corrected chi connectivity index (χ0v) is 8.10. The van der Waals surface area contributed by atoms with Gasteiger partial charge in [-0.05, 0) is 6.26 Å². The molecule has 2 N–H and O–H groups in total. The van der Waals surface area contributed by atoms with Gasteiger partial charge in [0.05, 0.1) is 6.07 Å². The molecule has 1 rings (SSSR count). The van der Waals surface area contributed by atoms with Crippen molar-refractivity contribution in [2.75, 3.05) is 6.26 Å². The van der Waals surface area contributed by atoms with Crippen LogP contribution in [0.5, 0.6) is 5.88 Å². The quantitative estimate of drug-likeness (QED) is 0.513. The van der Waals surface area contributed by atoms with E-state index in [1.807, 2.05) is 13.8 Å². The van der Waals surface area contributed by atoms with Gasteiger partial charge < -0.3 is 10.1 Å². The standard InChI is InChI=1S/C5H6N2O2S.C2H6/c1-10-5-6-3(8)2-4(9)7-5;1-2/h2H,1H3,(H2,6,7,8,9);1-2H3. The van der Waals surface area contributed by atoms with Gasteiger partial charge in [0.1, 0.15) is 0 Å². The van der Waals surface area contributed by atoms with Crippen LogP contribution in [0, 0.1) is 0 Å². The van der Waals surface area contributed by atoms with Crippen LogP contribution >= 0.6 is 11.8 Å². The summed E-state index contributed by atoms with van der Waals surface area (Å²) >= 11 is 1.27. The Bertz CT molecular complexity index is 285. The van der Waals surface area contributed by atoms with E-state index in [-0.39, 0.29) is 11.4 Å². The number of hydrogen-bond donors (Lipinski definition) is 2. The topological polar surface area (TPSA) is 66.0 Å². The highest BCUT2D eigenvalue weighted by atomic mass is 32.2. The van der Waals surface area contributed by atoms with Crippen molar-refractivity contribution in [1.29, 1.82) is 0 Å². The lowest BCUT2D eigenvalue weighted by Gasteiger charge is -1.93. The summed E-state index contributed by atoms with van der Waals surface area (Å²) in [5, 5.41) is 9.20. The average Bonchev–Trinajstić information content (AvgIpc) is 2.06. The van der Waals surface area contributed by atoms with E-state index in [2.05, 4.69) is 9.97 Å². The summed E-state index contributed by atoms with van der Waals surface area (Å²) in [4.78, 5) is 16.7. The van der Waals surface area contributed by atoms with Gasteiger partial charge in [0.15, 0.2) is 5.16 Å². The molecule has 1 aromatic rings. The van der Waals surface area contributed by atoms with E-state index >= 15 is 0 Å². The monoisotopic (exact) mass is 188 g/mol. The largest absolute Gasteiger partial charge is 0.493 e. The van der Waals surface area contributed by atoms with Crippen LogP contribution in [0.3, 0.4) is 0 Å². The fourth-order valence-electron chi connectivity index (χ4n) is 0.520. The number of rotatable bonds is 1. The molecule has 0 bridgehead atoms. The molecule has 0 aliphatic rings. The van der Waals surface area contributed by atoms with E-state index in [1.54, 1.807) is 6.26 Å². The van der Waals surface area contributed by atoms with Gasteiger partial charge in [0.25, 0.3) is 5.56 Å². The summed E-state index contributed by atoms with van der Waals surface area (Å²) in [5.41, 5.74) is -0.336. The number of H-pyrrole nitrogens is 1. The van der Waals surface area contributed by atoms with Crippen molar-refractivity contribution in [3.63, 3.8) is 0 Å². The van der Waals surface area contributed by atoms with Crippen LogP contribution in [-0.4, -0.2) is 21.3 Å². The minimum Gasteiger partial charge on any atom is -0.493 e. The first-order chi connectivity index (χ1) is 5.72. The third kappa shape index (κ3) is 3.43. The normalized spacial score (nSPS) is 8.58. The highest BCUT2D eigenvalue weighted by Crippen LogP contribution is 2.07. The van der Waals surface area contributed by atoms with Crippen LogP contribution in [0.2, 0.25) is 0 Å². The molecule has 12 heavy (non-hydrogen) atoms. The Morgan fingerprint density at radius 1 is 1.58 bits per heavy atom. The summed E-state index contributed by atoms with van der Waals surface area (Å²) in [7, 11) is 0. The Balaban J connectivity index is 0.000000561. The second-order valence-corrected chi connectivity index (χ2v) is 2.41. The number of aromatic nitrogens is 2. The van der Waals surface area contributed by atoms with Crippen molar-refractivity contribution < 1.29 is 5.11 Å². The zero-order chi connectivity index (χ0) is 9.56. The molecule has 0 spiro atoms. The summed E-state index contributed by atoms with van der Waals surface area (Å²) in [6.45, 7) is 4.00. The Morgan fingerprint density at radius 2 is 2.17 bits per heavy atom. The maximum Gasteiger partial charge on any atom is 0.255 e. The predicted octanol–water partition coefficient (Wildman–Crippen LogP) is 1.22. The van der Waals surface area contributed by atoms with Crippen molar-refractivity contribution in [1.82, 2.24) is 9.97 Å². The van der Waals surface area contributed by atoms with Gasteiger partial charge in [-0.25, -0.2) is 0 Å². The lowest BCUT2D eigenvalue weighted by atomic mass is 10.6. The lowest BCUT2D eigenvalue weighted by molar-refractivity contribution is 0.444. The molecule has 0 fully saturated rings. The molecule has 5 heteroatoms. The fourth-order valence-corrected chi connectivity index (χ4v) is 0.907. The zero-order valence-electron chi connectivity index (χ0n) is 7.29. The Morgan fingerprint density at radius 3 is 2.58 bits per heavy atom. The third-order valence-electron chi connectivity index (χ3n) is 0.900. The number of thioether (sulfide) groups is 1. The Labute approximate surface area is 75.1 Å². The molecule has 0 unspecified atom stereocenters. The molecule has 1 aromatic heterocycles. The second kappa shape index (κ2) is 5.65.